The molecule has 2 fully saturated rings. The van der Waals surface area contributed by atoms with Crippen LogP contribution in [-0.4, -0.2) is 12.1 Å². The van der Waals surface area contributed by atoms with Gasteiger partial charge in [-0.15, -0.1) is 0 Å². The van der Waals surface area contributed by atoms with Crippen molar-refractivity contribution in [1.29, 1.82) is 0 Å². The number of hydrogen-bond acceptors (Lipinski definition) is 2. The van der Waals surface area contributed by atoms with Gasteiger partial charge in [-0.25, -0.2) is 4.98 Å². The number of ether oxygens (including phenoxy) is 1. The van der Waals surface area contributed by atoms with Crippen molar-refractivity contribution >= 4 is 6.08 Å². The zero-order valence-corrected chi connectivity index (χ0v) is 9.65. The first-order valence-corrected chi connectivity index (χ1v) is 6.10. The molecule has 0 bridgehead atoms. The van der Waals surface area contributed by atoms with Gasteiger partial charge in [0.25, 0.3) is 0 Å². The molecule has 0 saturated heterocycles. The van der Waals surface area contributed by atoms with Crippen LogP contribution in [0.1, 0.15) is 42.9 Å². The second-order valence-electron chi connectivity index (χ2n) is 4.81. The van der Waals surface area contributed by atoms with Gasteiger partial charge in [0, 0.05) is 5.56 Å². The quantitative estimate of drug-likeness (QED) is 0.768. The molecule has 2 aliphatic rings. The topological polar surface area (TPSA) is 22.1 Å². The highest BCUT2D eigenvalue weighted by Gasteiger charge is 2.27. The Bertz CT molecular complexity index is 417. The van der Waals surface area contributed by atoms with E-state index < -0.39 is 0 Å². The molecular weight excluding hydrogens is 198 g/mol. The van der Waals surface area contributed by atoms with Crippen molar-refractivity contribution < 1.29 is 4.74 Å². The van der Waals surface area contributed by atoms with Crippen LogP contribution in [0.4, 0.5) is 0 Å². The van der Waals surface area contributed by atoms with Crippen LogP contribution in [-0.2, 0) is 0 Å². The monoisotopic (exact) mass is 215 g/mol. The van der Waals surface area contributed by atoms with Gasteiger partial charge in [0.05, 0.1) is 12.8 Å². The normalized spacial score (nSPS) is 20.3. The lowest BCUT2D eigenvalue weighted by Crippen LogP contribution is -1.95. The van der Waals surface area contributed by atoms with Gasteiger partial charge in [-0.2, -0.15) is 0 Å². The fraction of sp³-hybridized carbons (Fsp3) is 0.500. The molecular formula is C14H17NO. The molecule has 0 spiro atoms. The van der Waals surface area contributed by atoms with Crippen LogP contribution < -0.4 is 4.74 Å². The number of nitrogens with zero attached hydrogens (tertiary/aromatic N) is 1. The summed E-state index contributed by atoms with van der Waals surface area (Å²) in [5, 5.41) is 0. The van der Waals surface area contributed by atoms with Crippen LogP contribution >= 0.6 is 0 Å². The third-order valence-electron chi connectivity index (χ3n) is 3.28. The van der Waals surface area contributed by atoms with Crippen LogP contribution in [0.3, 0.4) is 0 Å². The van der Waals surface area contributed by atoms with E-state index in [0.29, 0.717) is 5.92 Å². The Morgan fingerprint density at radius 2 is 2.06 bits per heavy atom. The lowest BCUT2D eigenvalue weighted by molar-refractivity contribution is 0.392. The highest BCUT2D eigenvalue weighted by atomic mass is 16.5. The van der Waals surface area contributed by atoms with E-state index >= 15 is 0 Å². The summed E-state index contributed by atoms with van der Waals surface area (Å²) in [5.41, 5.74) is 2.30. The molecule has 0 N–H and O–H groups in total. The third kappa shape index (κ3) is 2.11. The second kappa shape index (κ2) is 3.93. The van der Waals surface area contributed by atoms with Crippen LogP contribution in [0.25, 0.3) is 6.08 Å². The first-order valence-electron chi connectivity index (χ1n) is 6.10. The van der Waals surface area contributed by atoms with E-state index in [1.54, 1.807) is 7.11 Å². The summed E-state index contributed by atoms with van der Waals surface area (Å²) in [6.07, 6.45) is 9.64. The van der Waals surface area contributed by atoms with Gasteiger partial charge in [-0.3, -0.25) is 0 Å². The minimum absolute atomic E-state index is 0.698. The zero-order chi connectivity index (χ0) is 11.0. The number of allylic oxidation sites excluding steroid dienone is 1. The summed E-state index contributed by atoms with van der Waals surface area (Å²) in [4.78, 5) is 4.54. The zero-order valence-electron chi connectivity index (χ0n) is 9.65. The number of pyridine rings is 1. The minimum atomic E-state index is 0.698. The summed E-state index contributed by atoms with van der Waals surface area (Å²) >= 11 is 0. The molecule has 2 heteroatoms. The largest absolute Gasteiger partial charge is 0.481 e. The van der Waals surface area contributed by atoms with Gasteiger partial charge in [0.1, 0.15) is 0 Å². The Kier molecular flexibility index (Phi) is 2.43. The van der Waals surface area contributed by atoms with Gasteiger partial charge < -0.3 is 4.74 Å². The summed E-state index contributed by atoms with van der Waals surface area (Å²) < 4.78 is 5.36. The Morgan fingerprint density at radius 1 is 1.25 bits per heavy atom. The number of rotatable bonds is 4. The summed E-state index contributed by atoms with van der Waals surface area (Å²) in [6.45, 7) is 0. The van der Waals surface area contributed by atoms with Crippen molar-refractivity contribution in [2.45, 2.75) is 31.6 Å². The van der Waals surface area contributed by atoms with Crippen LogP contribution in [0.15, 0.2) is 18.2 Å². The maximum Gasteiger partial charge on any atom is 0.217 e. The van der Waals surface area contributed by atoms with Gasteiger partial charge in [0.2, 0.25) is 5.88 Å². The third-order valence-corrected chi connectivity index (χ3v) is 3.28. The molecule has 0 aliphatic heterocycles. The smallest absolute Gasteiger partial charge is 0.217 e. The maximum atomic E-state index is 5.36. The van der Waals surface area contributed by atoms with Gasteiger partial charge >= 0.3 is 0 Å². The molecule has 1 aromatic rings. The van der Waals surface area contributed by atoms with Gasteiger partial charge in [-0.05, 0) is 49.7 Å². The number of hydrogen-bond donors (Lipinski definition) is 0. The van der Waals surface area contributed by atoms with Gasteiger partial charge in [-0.1, -0.05) is 12.1 Å². The first kappa shape index (κ1) is 9.88. The molecule has 1 heterocycles. The van der Waals surface area contributed by atoms with E-state index in [1.807, 2.05) is 0 Å². The average molecular weight is 215 g/mol. The van der Waals surface area contributed by atoms with E-state index in [4.69, 9.17) is 4.74 Å². The van der Waals surface area contributed by atoms with Crippen LogP contribution in [0, 0.1) is 5.92 Å². The van der Waals surface area contributed by atoms with E-state index in [0.717, 1.165) is 17.5 Å². The van der Waals surface area contributed by atoms with E-state index in [2.05, 4.69) is 29.3 Å². The Morgan fingerprint density at radius 3 is 2.69 bits per heavy atom. The van der Waals surface area contributed by atoms with Crippen molar-refractivity contribution in [2.24, 2.45) is 5.92 Å². The highest BCUT2D eigenvalue weighted by Crippen LogP contribution is 2.43. The van der Waals surface area contributed by atoms with Crippen LogP contribution in [0.5, 0.6) is 5.88 Å². The molecule has 84 valence electrons. The fourth-order valence-electron chi connectivity index (χ4n) is 1.95. The van der Waals surface area contributed by atoms with Crippen molar-refractivity contribution in [3.05, 3.63) is 29.5 Å². The molecule has 1 aromatic heterocycles. The van der Waals surface area contributed by atoms with Crippen molar-refractivity contribution in [3.8, 4) is 5.88 Å². The second-order valence-corrected chi connectivity index (χ2v) is 4.81. The van der Waals surface area contributed by atoms with Crippen molar-refractivity contribution in [2.75, 3.05) is 7.11 Å². The molecule has 2 aliphatic carbocycles. The minimum Gasteiger partial charge on any atom is -0.481 e. The SMILES string of the molecule is COc1nc(/C=C\C2CC2)ccc1C1CC1. The molecule has 2 saturated carbocycles. The Balaban J connectivity index is 1.83. The Labute approximate surface area is 96.3 Å². The molecule has 0 radical (unpaired) electrons. The fourth-order valence-corrected chi connectivity index (χ4v) is 1.95. The molecule has 0 atom stereocenters. The summed E-state index contributed by atoms with van der Waals surface area (Å²) in [7, 11) is 1.71. The lowest BCUT2D eigenvalue weighted by atomic mass is 10.1. The standard InChI is InChI=1S/C14H17NO/c1-16-14-13(11-5-6-11)9-8-12(15-14)7-4-10-2-3-10/h4,7-11H,2-3,5-6H2,1H3/b7-4-. The molecule has 0 amide bonds. The van der Waals surface area contributed by atoms with E-state index in [1.165, 1.54) is 31.2 Å². The number of methoxy groups -OCH3 is 1. The Hall–Kier alpha value is -1.31. The molecule has 3 rings (SSSR count). The summed E-state index contributed by atoms with van der Waals surface area (Å²) in [5.74, 6) is 2.32. The predicted molar refractivity (Wildman–Crippen MR) is 64.5 cm³/mol. The molecule has 0 unspecified atom stereocenters. The van der Waals surface area contributed by atoms with E-state index in [-0.39, 0.29) is 0 Å². The van der Waals surface area contributed by atoms with Crippen LogP contribution in [0.2, 0.25) is 0 Å². The molecule has 16 heavy (non-hydrogen) atoms. The maximum absolute atomic E-state index is 5.36. The molecule has 0 aromatic carbocycles. The lowest BCUT2D eigenvalue weighted by Gasteiger charge is -2.06. The van der Waals surface area contributed by atoms with Crippen molar-refractivity contribution in [1.82, 2.24) is 4.98 Å². The predicted octanol–water partition coefficient (Wildman–Crippen LogP) is 3.39. The van der Waals surface area contributed by atoms with Gasteiger partial charge in [0.15, 0.2) is 0 Å². The van der Waals surface area contributed by atoms with E-state index in [9.17, 15) is 0 Å². The number of aromatic nitrogens is 1. The highest BCUT2D eigenvalue weighted by molar-refractivity contribution is 5.48. The first-order chi connectivity index (χ1) is 7.86. The van der Waals surface area contributed by atoms with Crippen molar-refractivity contribution in [3.63, 3.8) is 0 Å². The molecule has 2 nitrogen and oxygen atoms in total. The summed E-state index contributed by atoms with van der Waals surface area (Å²) in [6, 6.07) is 4.28. The average Bonchev–Trinajstić information content (AvgIpc) is 3.18.